The van der Waals surface area contributed by atoms with Crippen LogP contribution in [0.3, 0.4) is 0 Å². The number of carboxylic acid groups (broad SMARTS) is 1. The molecule has 1 aliphatic rings. The summed E-state index contributed by atoms with van der Waals surface area (Å²) in [4.78, 5) is 10.9. The maximum Gasteiger partial charge on any atom is 0.315 e. The number of hydrogen-bond donors (Lipinski definition) is 1. The molecule has 4 heteroatoms. The van der Waals surface area contributed by atoms with Crippen molar-refractivity contribution < 1.29 is 9.90 Å². The zero-order valence-corrected chi connectivity index (χ0v) is 8.48. The first-order chi connectivity index (χ1) is 6.14. The number of carbonyl (C=O) groups is 1. The van der Waals surface area contributed by atoms with E-state index in [4.69, 9.17) is 28.3 Å². The highest BCUT2D eigenvalue weighted by atomic mass is 35.5. The molecule has 72 valence electrons. The van der Waals surface area contributed by atoms with Crippen molar-refractivity contribution >= 4 is 29.2 Å². The predicted octanol–water partition coefficient (Wildman–Crippen LogP) is 2.42. The number of aliphatic carboxylic acids is 1. The van der Waals surface area contributed by atoms with E-state index in [2.05, 4.69) is 0 Å². The van der Waals surface area contributed by atoms with Gasteiger partial charge in [0.25, 0.3) is 0 Å². The molecule has 1 atom stereocenters. The second-order valence-corrected chi connectivity index (χ2v) is 3.58. The average molecular weight is 221 g/mol. The van der Waals surface area contributed by atoms with Gasteiger partial charge in [0.05, 0.1) is 0 Å². The fourth-order valence-electron chi connectivity index (χ4n) is 1.13. The Bertz CT molecular complexity index is 271. The molecule has 0 amide bonds. The molecule has 1 N–H and O–H groups in total. The SMILES string of the molecule is O=C(O)C1(CCl)C=CC(CCl)=CC1. The van der Waals surface area contributed by atoms with Crippen LogP contribution in [0.1, 0.15) is 6.42 Å². The highest BCUT2D eigenvalue weighted by Gasteiger charge is 2.35. The van der Waals surface area contributed by atoms with E-state index < -0.39 is 11.4 Å². The van der Waals surface area contributed by atoms with Crippen LogP contribution in [0, 0.1) is 5.41 Å². The highest BCUT2D eigenvalue weighted by molar-refractivity contribution is 6.20. The molecule has 0 saturated carbocycles. The van der Waals surface area contributed by atoms with Crippen molar-refractivity contribution in [3.8, 4) is 0 Å². The van der Waals surface area contributed by atoms with Gasteiger partial charge >= 0.3 is 5.97 Å². The van der Waals surface area contributed by atoms with Crippen LogP contribution in [-0.4, -0.2) is 22.8 Å². The van der Waals surface area contributed by atoms with Crippen molar-refractivity contribution in [2.24, 2.45) is 5.41 Å². The summed E-state index contributed by atoms with van der Waals surface area (Å²) in [6.07, 6.45) is 5.60. The Balaban J connectivity index is 2.83. The fraction of sp³-hybridized carbons (Fsp3) is 0.444. The fourth-order valence-corrected chi connectivity index (χ4v) is 1.64. The standard InChI is InChI=1S/C9H10Cl2O2/c10-5-7-1-3-9(6-11,4-2-7)8(12)13/h1-3H,4-6H2,(H,12,13). The van der Waals surface area contributed by atoms with Gasteiger partial charge < -0.3 is 5.11 Å². The van der Waals surface area contributed by atoms with Crippen LogP contribution in [-0.2, 0) is 4.79 Å². The molecule has 0 fully saturated rings. The minimum absolute atomic E-state index is 0.0882. The summed E-state index contributed by atoms with van der Waals surface area (Å²) in [6, 6.07) is 0. The summed E-state index contributed by atoms with van der Waals surface area (Å²) < 4.78 is 0. The number of halogens is 2. The average Bonchev–Trinajstić information content (AvgIpc) is 2.17. The van der Waals surface area contributed by atoms with Crippen molar-refractivity contribution in [2.75, 3.05) is 11.8 Å². The number of alkyl halides is 2. The topological polar surface area (TPSA) is 37.3 Å². The molecular weight excluding hydrogens is 211 g/mol. The maximum atomic E-state index is 10.9. The number of carboxylic acids is 1. The molecule has 1 unspecified atom stereocenters. The molecule has 0 aromatic heterocycles. The molecule has 0 aromatic rings. The molecule has 0 heterocycles. The van der Waals surface area contributed by atoms with Gasteiger partial charge in [-0.2, -0.15) is 0 Å². The maximum absolute atomic E-state index is 10.9. The summed E-state index contributed by atoms with van der Waals surface area (Å²) in [7, 11) is 0. The molecule has 2 nitrogen and oxygen atoms in total. The summed E-state index contributed by atoms with van der Waals surface area (Å²) in [5, 5.41) is 8.95. The monoisotopic (exact) mass is 220 g/mol. The van der Waals surface area contributed by atoms with E-state index in [0.29, 0.717) is 12.3 Å². The Hall–Kier alpha value is -0.470. The van der Waals surface area contributed by atoms with Crippen molar-refractivity contribution in [1.29, 1.82) is 0 Å². The Morgan fingerprint density at radius 2 is 2.31 bits per heavy atom. The van der Waals surface area contributed by atoms with Gasteiger partial charge in [-0.05, 0) is 12.0 Å². The molecule has 0 aromatic carbocycles. The number of allylic oxidation sites excluding steroid dienone is 3. The van der Waals surface area contributed by atoms with Crippen molar-refractivity contribution in [3.05, 3.63) is 23.8 Å². The van der Waals surface area contributed by atoms with Crippen molar-refractivity contribution in [3.63, 3.8) is 0 Å². The van der Waals surface area contributed by atoms with Gasteiger partial charge in [0.1, 0.15) is 5.41 Å². The van der Waals surface area contributed by atoms with Crippen LogP contribution in [0.25, 0.3) is 0 Å². The third-order valence-electron chi connectivity index (χ3n) is 2.16. The molecule has 0 bridgehead atoms. The van der Waals surface area contributed by atoms with Crippen molar-refractivity contribution in [1.82, 2.24) is 0 Å². The van der Waals surface area contributed by atoms with Crippen LogP contribution < -0.4 is 0 Å². The van der Waals surface area contributed by atoms with Crippen LogP contribution in [0.5, 0.6) is 0 Å². The summed E-state index contributed by atoms with van der Waals surface area (Å²) in [5.41, 5.74) is 0.0144. The molecule has 0 aliphatic heterocycles. The van der Waals surface area contributed by atoms with E-state index in [9.17, 15) is 4.79 Å². The lowest BCUT2D eigenvalue weighted by Crippen LogP contribution is -2.31. The minimum atomic E-state index is -0.933. The van der Waals surface area contributed by atoms with E-state index in [-0.39, 0.29) is 5.88 Å². The first kappa shape index (κ1) is 10.6. The summed E-state index contributed by atoms with van der Waals surface area (Å²) >= 11 is 11.2. The van der Waals surface area contributed by atoms with Gasteiger partial charge in [0.2, 0.25) is 0 Å². The lowest BCUT2D eigenvalue weighted by molar-refractivity contribution is -0.144. The first-order valence-electron chi connectivity index (χ1n) is 3.88. The second-order valence-electron chi connectivity index (χ2n) is 3.05. The third kappa shape index (κ3) is 2.06. The predicted molar refractivity (Wildman–Crippen MR) is 53.3 cm³/mol. The Morgan fingerprint density at radius 1 is 1.62 bits per heavy atom. The van der Waals surface area contributed by atoms with Gasteiger partial charge in [0.15, 0.2) is 0 Å². The zero-order valence-electron chi connectivity index (χ0n) is 6.96. The smallest absolute Gasteiger partial charge is 0.315 e. The first-order valence-corrected chi connectivity index (χ1v) is 4.95. The van der Waals surface area contributed by atoms with Gasteiger partial charge in [-0.1, -0.05) is 18.2 Å². The zero-order chi connectivity index (χ0) is 9.90. The lowest BCUT2D eigenvalue weighted by atomic mass is 9.82. The molecule has 1 aliphatic carbocycles. The van der Waals surface area contributed by atoms with Crippen LogP contribution >= 0.6 is 23.2 Å². The minimum Gasteiger partial charge on any atom is -0.481 e. The van der Waals surface area contributed by atoms with E-state index in [1.165, 1.54) is 0 Å². The Labute approximate surface area is 86.8 Å². The normalized spacial score (nSPS) is 27.1. The quantitative estimate of drug-likeness (QED) is 0.743. The third-order valence-corrected chi connectivity index (χ3v) is 2.95. The van der Waals surface area contributed by atoms with Gasteiger partial charge in [0, 0.05) is 11.8 Å². The molecule has 0 radical (unpaired) electrons. The Kier molecular flexibility index (Phi) is 3.40. The molecule has 0 saturated heterocycles. The van der Waals surface area contributed by atoms with E-state index in [1.807, 2.05) is 6.08 Å². The van der Waals surface area contributed by atoms with E-state index >= 15 is 0 Å². The number of hydrogen-bond acceptors (Lipinski definition) is 1. The second kappa shape index (κ2) is 4.16. The van der Waals surface area contributed by atoms with Gasteiger partial charge in [-0.15, -0.1) is 23.2 Å². The van der Waals surface area contributed by atoms with Crippen LogP contribution in [0.2, 0.25) is 0 Å². The molecule has 1 rings (SSSR count). The molecule has 0 spiro atoms. The lowest BCUT2D eigenvalue weighted by Gasteiger charge is -2.24. The van der Waals surface area contributed by atoms with Crippen molar-refractivity contribution in [2.45, 2.75) is 6.42 Å². The Morgan fingerprint density at radius 3 is 2.62 bits per heavy atom. The largest absolute Gasteiger partial charge is 0.481 e. The van der Waals surface area contributed by atoms with Crippen LogP contribution in [0.15, 0.2) is 23.8 Å². The van der Waals surface area contributed by atoms with Gasteiger partial charge in [-0.3, -0.25) is 4.79 Å². The molecule has 13 heavy (non-hydrogen) atoms. The van der Waals surface area contributed by atoms with Gasteiger partial charge in [-0.25, -0.2) is 0 Å². The molecular formula is C9H10Cl2O2. The van der Waals surface area contributed by atoms with Crippen LogP contribution in [0.4, 0.5) is 0 Å². The summed E-state index contributed by atoms with van der Waals surface area (Å²) in [5.74, 6) is -0.386. The number of rotatable bonds is 3. The highest BCUT2D eigenvalue weighted by Crippen LogP contribution is 2.31. The summed E-state index contributed by atoms with van der Waals surface area (Å²) in [6.45, 7) is 0. The van der Waals surface area contributed by atoms with E-state index in [0.717, 1.165) is 5.57 Å². The van der Waals surface area contributed by atoms with E-state index in [1.54, 1.807) is 12.2 Å².